The molecule has 0 aliphatic carbocycles. The van der Waals surface area contributed by atoms with Crippen molar-refractivity contribution in [2.45, 2.75) is 12.8 Å². The van der Waals surface area contributed by atoms with Crippen molar-refractivity contribution in [3.8, 4) is 0 Å². The van der Waals surface area contributed by atoms with Crippen molar-refractivity contribution in [3.63, 3.8) is 0 Å². The molecule has 0 radical (unpaired) electrons. The predicted octanol–water partition coefficient (Wildman–Crippen LogP) is 0.975. The highest BCUT2D eigenvalue weighted by molar-refractivity contribution is 14.2. The molecule has 2 N–H and O–H groups in total. The Morgan fingerprint density at radius 2 is 2.10 bits per heavy atom. The van der Waals surface area contributed by atoms with E-state index in [0.29, 0.717) is 0 Å². The molecule has 1 heterocycles. The predicted molar refractivity (Wildman–Crippen MR) is 54.5 cm³/mol. The maximum absolute atomic E-state index is 5.56. The van der Waals surface area contributed by atoms with Gasteiger partial charge in [0.05, 0.1) is 0 Å². The Labute approximate surface area is 72.9 Å². The van der Waals surface area contributed by atoms with Crippen LogP contribution >= 0.6 is 21.0 Å². The number of rotatable bonds is 2. The normalized spacial score (nSPS) is 23.3. The molecular weight excluding hydrogens is 239 g/mol. The fourth-order valence-electron chi connectivity index (χ4n) is 1.26. The largest absolute Gasteiger partial charge is 0.330 e. The van der Waals surface area contributed by atoms with Crippen molar-refractivity contribution in [2.24, 2.45) is 11.7 Å². The Balaban J connectivity index is 2.23. The lowest BCUT2D eigenvalue weighted by atomic mass is 9.99. The van der Waals surface area contributed by atoms with Gasteiger partial charge in [0.25, 0.3) is 0 Å². The van der Waals surface area contributed by atoms with Crippen LogP contribution in [0, 0.1) is 5.92 Å². The number of halogens is 1. The van der Waals surface area contributed by atoms with E-state index in [4.69, 9.17) is 5.73 Å². The van der Waals surface area contributed by atoms with Crippen LogP contribution in [0.5, 0.6) is 0 Å². The van der Waals surface area contributed by atoms with E-state index in [0.717, 1.165) is 12.5 Å². The number of hydrogen-bond donors (Lipinski definition) is 1. The van der Waals surface area contributed by atoms with Gasteiger partial charge in [0.1, 0.15) is 0 Å². The maximum atomic E-state index is 5.56. The zero-order valence-electron chi connectivity index (χ0n) is 6.22. The van der Waals surface area contributed by atoms with Gasteiger partial charge in [-0.15, -0.1) is 0 Å². The second-order valence-electron chi connectivity index (χ2n) is 2.71. The van der Waals surface area contributed by atoms with Crippen molar-refractivity contribution in [3.05, 3.63) is 0 Å². The first kappa shape index (κ1) is 8.62. The molecular formula is C7H15IN2. The van der Waals surface area contributed by atoms with Crippen molar-refractivity contribution in [1.82, 2.24) is 3.11 Å². The van der Waals surface area contributed by atoms with Gasteiger partial charge in [-0.2, -0.15) is 0 Å². The van der Waals surface area contributed by atoms with Crippen molar-refractivity contribution in [1.29, 1.82) is 0 Å². The summed E-state index contributed by atoms with van der Waals surface area (Å²) < 4.78 is 6.46. The highest BCUT2D eigenvalue weighted by Gasteiger charge is 2.15. The fraction of sp³-hybridized carbons (Fsp3) is 0.857. The van der Waals surface area contributed by atoms with E-state index in [2.05, 4.69) is 7.63 Å². The summed E-state index contributed by atoms with van der Waals surface area (Å²) in [5.41, 5.74) is 5.56. The van der Waals surface area contributed by atoms with E-state index in [9.17, 15) is 0 Å². The molecule has 0 spiro atoms. The molecule has 1 fully saturated rings. The van der Waals surface area contributed by atoms with E-state index in [1.165, 1.54) is 25.9 Å². The Bertz CT molecular complexity index is 108. The minimum absolute atomic E-state index is 0.104. The number of nitrogens with zero attached hydrogens (tertiary/aromatic N) is 1. The molecule has 2 nitrogen and oxygen atoms in total. The minimum atomic E-state index is 0.104. The number of hydrogen-bond acceptors (Lipinski definition) is 2. The molecule has 0 aromatic heterocycles. The molecule has 0 amide bonds. The lowest BCUT2D eigenvalue weighted by Crippen LogP contribution is -2.30. The molecule has 1 aliphatic rings. The van der Waals surface area contributed by atoms with Crippen LogP contribution in [0.15, 0.2) is 0 Å². The summed E-state index contributed by atoms with van der Waals surface area (Å²) in [5.74, 6) is 0.798. The summed E-state index contributed by atoms with van der Waals surface area (Å²) in [6.45, 7) is 3.38. The molecule has 10 heavy (non-hydrogen) atoms. The average Bonchev–Trinajstić information content (AvgIpc) is 2.05. The first-order valence-electron chi connectivity index (χ1n) is 3.70. The highest BCUT2D eigenvalue weighted by Crippen LogP contribution is 2.19. The van der Waals surface area contributed by atoms with Crippen LogP contribution in [0.1, 0.15) is 12.8 Å². The third-order valence-corrected chi connectivity index (χ3v) is 3.99. The lowest BCUT2D eigenvalue weighted by Gasteiger charge is -2.27. The van der Waals surface area contributed by atoms with Gasteiger partial charge in [0, 0.05) is 13.1 Å². The van der Waals surface area contributed by atoms with Crippen molar-refractivity contribution < 1.29 is 0 Å². The molecule has 1 saturated heterocycles. The zero-order valence-corrected chi connectivity index (χ0v) is 8.38. The fourth-order valence-corrected chi connectivity index (χ4v) is 2.50. The van der Waals surface area contributed by atoms with Gasteiger partial charge >= 0.3 is 0 Å². The summed E-state index contributed by atoms with van der Waals surface area (Å²) in [7, 11) is 0. The van der Waals surface area contributed by atoms with Crippen LogP contribution in [-0.2, 0) is 0 Å². The van der Waals surface area contributed by atoms with Gasteiger partial charge in [0.2, 0.25) is 0 Å². The van der Waals surface area contributed by atoms with Crippen LogP contribution in [0.25, 0.3) is 0 Å². The third-order valence-electron chi connectivity index (χ3n) is 2.06. The summed E-state index contributed by atoms with van der Waals surface area (Å²) in [4.78, 5) is 0. The Morgan fingerprint density at radius 1 is 1.50 bits per heavy atom. The summed E-state index contributed by atoms with van der Waals surface area (Å²) in [6, 6.07) is 0. The van der Waals surface area contributed by atoms with Gasteiger partial charge < -0.3 is 5.73 Å². The van der Waals surface area contributed by atoms with Crippen LogP contribution in [0.2, 0.25) is 0 Å². The van der Waals surface area contributed by atoms with Crippen LogP contribution in [0.3, 0.4) is 0 Å². The van der Waals surface area contributed by atoms with E-state index >= 15 is 0 Å². The van der Waals surface area contributed by atoms with Crippen molar-refractivity contribution in [2.75, 3.05) is 19.6 Å². The van der Waals surface area contributed by atoms with E-state index < -0.39 is 0 Å². The van der Waals surface area contributed by atoms with Crippen LogP contribution in [0.4, 0.5) is 0 Å². The first-order chi connectivity index (χ1) is 4.86. The monoisotopic (exact) mass is 254 g/mol. The van der Waals surface area contributed by atoms with Crippen LogP contribution < -0.4 is 5.73 Å². The maximum Gasteiger partial charge on any atom is 0.00799 e. The van der Waals surface area contributed by atoms with Gasteiger partial charge in [-0.05, 0) is 46.3 Å². The smallest absolute Gasteiger partial charge is 0.00799 e. The molecule has 1 aliphatic heterocycles. The van der Waals surface area contributed by atoms with E-state index in [1.54, 1.807) is 0 Å². The lowest BCUT2D eigenvalue weighted by molar-refractivity contribution is 0.314. The standard InChI is InChI=1S/C7H15IN2/c1-8-10-4-2-7(6-9)3-5-10/h7H,1-6,9H2. The molecule has 3 heteroatoms. The van der Waals surface area contributed by atoms with Gasteiger partial charge in [-0.25, -0.2) is 0 Å². The molecule has 0 aromatic rings. The average molecular weight is 254 g/mol. The third kappa shape index (κ3) is 2.29. The number of nitrogens with two attached hydrogens (primary N) is 1. The molecule has 0 bridgehead atoms. The van der Waals surface area contributed by atoms with E-state index in [-0.39, 0.29) is 21.0 Å². The quantitative estimate of drug-likeness (QED) is 0.587. The molecule has 0 aromatic carbocycles. The van der Waals surface area contributed by atoms with Gasteiger partial charge in [-0.1, -0.05) is 4.51 Å². The second kappa shape index (κ2) is 4.41. The molecule has 60 valence electrons. The summed E-state index contributed by atoms with van der Waals surface area (Å²) >= 11 is 0.104. The Hall–Kier alpha value is 0.520. The molecule has 0 atom stereocenters. The van der Waals surface area contributed by atoms with Gasteiger partial charge in [-0.3, -0.25) is 3.11 Å². The summed E-state index contributed by atoms with van der Waals surface area (Å²) in [5, 5.41) is 0. The Morgan fingerprint density at radius 3 is 2.50 bits per heavy atom. The highest BCUT2D eigenvalue weighted by atomic mass is 127. The molecule has 0 unspecified atom stereocenters. The SMILES string of the molecule is C=IN1CCC(CN)CC1. The molecule has 0 saturated carbocycles. The Kier molecular flexibility index (Phi) is 3.80. The zero-order chi connectivity index (χ0) is 7.40. The minimum Gasteiger partial charge on any atom is -0.330 e. The first-order valence-corrected chi connectivity index (χ1v) is 6.19. The van der Waals surface area contributed by atoms with Crippen molar-refractivity contribution >= 4 is 25.5 Å². The van der Waals surface area contributed by atoms with Crippen LogP contribution in [-0.4, -0.2) is 27.3 Å². The second-order valence-corrected chi connectivity index (χ2v) is 4.76. The topological polar surface area (TPSA) is 29.3 Å². The number of piperidine rings is 1. The van der Waals surface area contributed by atoms with Gasteiger partial charge in [0.15, 0.2) is 0 Å². The summed E-state index contributed by atoms with van der Waals surface area (Å²) in [6.07, 6.45) is 2.59. The molecule has 1 rings (SSSR count). The van der Waals surface area contributed by atoms with E-state index in [1.807, 2.05) is 0 Å².